The number of methoxy groups -OCH3 is 1. The first-order valence-electron chi connectivity index (χ1n) is 7.25. The van der Waals surface area contributed by atoms with Gasteiger partial charge >= 0.3 is 0 Å². The van der Waals surface area contributed by atoms with Gasteiger partial charge in [-0.15, -0.1) is 0 Å². The summed E-state index contributed by atoms with van der Waals surface area (Å²) in [5.41, 5.74) is 1.58. The molecule has 1 aromatic carbocycles. The SMILES string of the molecule is CNC(=O)/C(=N\OC)c1ccccc1COc1cccc(OC)n1. The van der Waals surface area contributed by atoms with Crippen molar-refractivity contribution >= 4 is 11.6 Å². The van der Waals surface area contributed by atoms with Crippen LogP contribution in [0.15, 0.2) is 47.6 Å². The van der Waals surface area contributed by atoms with Crippen LogP contribution in [0.4, 0.5) is 0 Å². The largest absolute Gasteiger partial charge is 0.481 e. The first kappa shape index (κ1) is 17.3. The van der Waals surface area contributed by atoms with Crippen LogP contribution in [-0.2, 0) is 16.2 Å². The van der Waals surface area contributed by atoms with E-state index in [9.17, 15) is 4.79 Å². The number of amides is 1. The molecule has 2 rings (SSSR count). The highest BCUT2D eigenvalue weighted by Gasteiger charge is 2.17. The maximum Gasteiger partial charge on any atom is 0.273 e. The Morgan fingerprint density at radius 3 is 2.58 bits per heavy atom. The van der Waals surface area contributed by atoms with Crippen molar-refractivity contribution in [2.24, 2.45) is 5.16 Å². The number of carbonyl (C=O) groups is 1. The van der Waals surface area contributed by atoms with Crippen LogP contribution in [0.5, 0.6) is 11.8 Å². The first-order chi connectivity index (χ1) is 11.7. The van der Waals surface area contributed by atoms with Crippen LogP contribution < -0.4 is 14.8 Å². The van der Waals surface area contributed by atoms with E-state index in [1.165, 1.54) is 21.3 Å². The van der Waals surface area contributed by atoms with Crippen molar-refractivity contribution in [3.8, 4) is 11.8 Å². The lowest BCUT2D eigenvalue weighted by Gasteiger charge is -2.12. The third kappa shape index (κ3) is 4.22. The van der Waals surface area contributed by atoms with E-state index in [1.54, 1.807) is 24.3 Å². The monoisotopic (exact) mass is 329 g/mol. The number of likely N-dealkylation sites (N-methyl/N-ethyl adjacent to an activating group) is 1. The van der Waals surface area contributed by atoms with E-state index in [4.69, 9.17) is 14.3 Å². The molecule has 7 nitrogen and oxygen atoms in total. The number of benzene rings is 1. The van der Waals surface area contributed by atoms with E-state index in [-0.39, 0.29) is 18.2 Å². The van der Waals surface area contributed by atoms with Crippen LogP contribution in [0.25, 0.3) is 0 Å². The van der Waals surface area contributed by atoms with Crippen molar-refractivity contribution in [1.29, 1.82) is 0 Å². The summed E-state index contributed by atoms with van der Waals surface area (Å²) in [6.07, 6.45) is 0. The lowest BCUT2D eigenvalue weighted by molar-refractivity contribution is -0.114. The Labute approximate surface area is 140 Å². The number of nitrogens with one attached hydrogen (secondary N) is 1. The van der Waals surface area contributed by atoms with Gasteiger partial charge in [0.05, 0.1) is 7.11 Å². The highest BCUT2D eigenvalue weighted by Crippen LogP contribution is 2.17. The lowest BCUT2D eigenvalue weighted by atomic mass is 10.0. The molecule has 0 bridgehead atoms. The Morgan fingerprint density at radius 2 is 1.88 bits per heavy atom. The molecule has 1 heterocycles. The van der Waals surface area contributed by atoms with E-state index in [2.05, 4.69) is 15.5 Å². The zero-order valence-corrected chi connectivity index (χ0v) is 13.8. The molecule has 0 radical (unpaired) electrons. The standard InChI is InChI=1S/C17H19N3O4/c1-18-17(21)16(20-23-3)13-8-5-4-7-12(13)11-24-15-10-6-9-14(19-15)22-2/h4-10H,11H2,1-3H3,(H,18,21)/b20-16-. The third-order valence-electron chi connectivity index (χ3n) is 3.18. The Kier molecular flexibility index (Phi) is 6.13. The van der Waals surface area contributed by atoms with Crippen molar-refractivity contribution < 1.29 is 19.1 Å². The number of hydrogen-bond donors (Lipinski definition) is 1. The zero-order chi connectivity index (χ0) is 17.4. The summed E-state index contributed by atoms with van der Waals surface area (Å²) in [4.78, 5) is 21.0. The van der Waals surface area contributed by atoms with Gasteiger partial charge in [-0.1, -0.05) is 35.5 Å². The van der Waals surface area contributed by atoms with Crippen molar-refractivity contribution in [2.45, 2.75) is 6.61 Å². The van der Waals surface area contributed by atoms with E-state index in [0.29, 0.717) is 17.3 Å². The van der Waals surface area contributed by atoms with Gasteiger partial charge in [-0.25, -0.2) is 0 Å². The molecule has 2 aromatic rings. The van der Waals surface area contributed by atoms with Gasteiger partial charge in [0.2, 0.25) is 11.8 Å². The van der Waals surface area contributed by atoms with Crippen LogP contribution in [-0.4, -0.2) is 37.9 Å². The average molecular weight is 329 g/mol. The number of rotatable bonds is 7. The van der Waals surface area contributed by atoms with Crippen molar-refractivity contribution in [3.05, 3.63) is 53.6 Å². The molecule has 126 valence electrons. The second-order valence-electron chi connectivity index (χ2n) is 4.67. The van der Waals surface area contributed by atoms with Crippen LogP contribution in [0.2, 0.25) is 0 Å². The van der Waals surface area contributed by atoms with Crippen LogP contribution in [0, 0.1) is 0 Å². The fourth-order valence-electron chi connectivity index (χ4n) is 2.04. The van der Waals surface area contributed by atoms with E-state index in [0.717, 1.165) is 5.56 Å². The smallest absolute Gasteiger partial charge is 0.273 e. The third-order valence-corrected chi connectivity index (χ3v) is 3.18. The molecule has 0 aliphatic carbocycles. The van der Waals surface area contributed by atoms with Gasteiger partial charge in [-0.05, 0) is 5.56 Å². The summed E-state index contributed by atoms with van der Waals surface area (Å²) in [6, 6.07) is 12.6. The molecule has 24 heavy (non-hydrogen) atoms. The summed E-state index contributed by atoms with van der Waals surface area (Å²) in [5, 5.41) is 6.37. The average Bonchev–Trinajstić information content (AvgIpc) is 2.64. The normalized spacial score (nSPS) is 10.9. The first-order valence-corrected chi connectivity index (χ1v) is 7.25. The van der Waals surface area contributed by atoms with Crippen molar-refractivity contribution in [2.75, 3.05) is 21.3 Å². The fraction of sp³-hybridized carbons (Fsp3) is 0.235. The molecule has 0 unspecified atom stereocenters. The van der Waals surface area contributed by atoms with Gasteiger partial charge in [0.1, 0.15) is 13.7 Å². The molecule has 0 saturated carbocycles. The van der Waals surface area contributed by atoms with Crippen LogP contribution >= 0.6 is 0 Å². The molecule has 0 aliphatic rings. The van der Waals surface area contributed by atoms with Crippen LogP contribution in [0.1, 0.15) is 11.1 Å². The highest BCUT2D eigenvalue weighted by atomic mass is 16.6. The fourth-order valence-corrected chi connectivity index (χ4v) is 2.04. The van der Waals surface area contributed by atoms with E-state index >= 15 is 0 Å². The molecule has 0 saturated heterocycles. The van der Waals surface area contributed by atoms with Gasteiger partial charge in [0.15, 0.2) is 5.71 Å². The quantitative estimate of drug-likeness (QED) is 0.618. The number of oxime groups is 1. The molecular weight excluding hydrogens is 310 g/mol. The minimum atomic E-state index is -0.344. The maximum absolute atomic E-state index is 12.0. The number of hydrogen-bond acceptors (Lipinski definition) is 6. The predicted molar refractivity (Wildman–Crippen MR) is 89.2 cm³/mol. The number of carbonyl (C=O) groups excluding carboxylic acids is 1. The lowest BCUT2D eigenvalue weighted by Crippen LogP contribution is -2.29. The van der Waals surface area contributed by atoms with Crippen LogP contribution in [0.3, 0.4) is 0 Å². The Hall–Kier alpha value is -3.09. The number of aromatic nitrogens is 1. The van der Waals surface area contributed by atoms with Gasteiger partial charge in [0.25, 0.3) is 5.91 Å². The van der Waals surface area contributed by atoms with Gasteiger partial charge in [0, 0.05) is 24.7 Å². The van der Waals surface area contributed by atoms with Gasteiger partial charge in [-0.3, -0.25) is 4.79 Å². The summed E-state index contributed by atoms with van der Waals surface area (Å²) in [6.45, 7) is 0.218. The number of nitrogens with zero attached hydrogens (tertiary/aromatic N) is 2. The predicted octanol–water partition coefficient (Wildman–Crippen LogP) is 1.77. The molecule has 0 fully saturated rings. The minimum Gasteiger partial charge on any atom is -0.481 e. The Balaban J connectivity index is 2.25. The molecule has 1 N–H and O–H groups in total. The molecule has 7 heteroatoms. The van der Waals surface area contributed by atoms with Gasteiger partial charge < -0.3 is 19.6 Å². The topological polar surface area (TPSA) is 82.0 Å². The Bertz CT molecular complexity index is 731. The summed E-state index contributed by atoms with van der Waals surface area (Å²) < 4.78 is 10.8. The molecular formula is C17H19N3O4. The second kappa shape index (κ2) is 8.52. The zero-order valence-electron chi connectivity index (χ0n) is 13.8. The highest BCUT2D eigenvalue weighted by molar-refractivity contribution is 6.45. The Morgan fingerprint density at radius 1 is 1.12 bits per heavy atom. The van der Waals surface area contributed by atoms with E-state index < -0.39 is 0 Å². The number of ether oxygens (including phenoxy) is 2. The summed E-state index contributed by atoms with van der Waals surface area (Å²) >= 11 is 0. The molecule has 1 amide bonds. The van der Waals surface area contributed by atoms with Crippen molar-refractivity contribution in [1.82, 2.24) is 10.3 Å². The molecule has 0 spiro atoms. The van der Waals surface area contributed by atoms with Gasteiger partial charge in [-0.2, -0.15) is 4.98 Å². The number of pyridine rings is 1. The maximum atomic E-state index is 12.0. The van der Waals surface area contributed by atoms with Crippen molar-refractivity contribution in [3.63, 3.8) is 0 Å². The van der Waals surface area contributed by atoms with E-state index in [1.807, 2.05) is 18.2 Å². The minimum absolute atomic E-state index is 0.179. The summed E-state index contributed by atoms with van der Waals surface area (Å²) in [7, 11) is 4.47. The molecule has 0 atom stereocenters. The second-order valence-corrected chi connectivity index (χ2v) is 4.67. The summed E-state index contributed by atoms with van der Waals surface area (Å²) in [5.74, 6) is 0.547. The molecule has 0 aliphatic heterocycles. The molecule has 1 aromatic heterocycles.